The molecule has 0 atom stereocenters. The van der Waals surface area contributed by atoms with Gasteiger partial charge in [0.05, 0.1) is 14.1 Å². The lowest BCUT2D eigenvalue weighted by atomic mass is 10.2. The number of hydrogen-bond donors (Lipinski definition) is 1. The van der Waals surface area contributed by atoms with Crippen LogP contribution in [0.3, 0.4) is 0 Å². The summed E-state index contributed by atoms with van der Waals surface area (Å²) in [6.07, 6.45) is 0. The first kappa shape index (κ1) is 14.8. The van der Waals surface area contributed by atoms with Crippen molar-refractivity contribution in [2.75, 3.05) is 33.8 Å². The molecule has 0 saturated carbocycles. The third kappa shape index (κ3) is 5.89. The zero-order valence-electron chi connectivity index (χ0n) is 10.7. The van der Waals surface area contributed by atoms with Crippen LogP contribution in [-0.4, -0.2) is 43.4 Å². The van der Waals surface area contributed by atoms with Crippen molar-refractivity contribution in [1.82, 2.24) is 0 Å². The molecule has 0 fully saturated rings. The predicted molar refractivity (Wildman–Crippen MR) is 77.7 cm³/mol. The van der Waals surface area contributed by atoms with Crippen LogP contribution in [0.15, 0.2) is 28.7 Å². The number of nitrogens with zero attached hydrogens (tertiary/aromatic N) is 1. The lowest BCUT2D eigenvalue weighted by Crippen LogP contribution is -2.40. The van der Waals surface area contributed by atoms with Gasteiger partial charge in [0.2, 0.25) is 0 Å². The number of halogens is 1. The summed E-state index contributed by atoms with van der Waals surface area (Å²) < 4.78 is 1.76. The number of aliphatic hydroxyl groups is 1. The number of hydrogen-bond acceptors (Lipinski definition) is 1. The summed E-state index contributed by atoms with van der Waals surface area (Å²) in [6, 6.07) is 7.94. The molecule has 0 heterocycles. The molecular weight excluding hydrogens is 290 g/mol. The Balaban J connectivity index is 2.56. The SMILES string of the molecule is C[N+](C)(CC#CCO)CC#Cc1ccc(Br)cc1. The van der Waals surface area contributed by atoms with Crippen LogP contribution < -0.4 is 0 Å². The Labute approximate surface area is 117 Å². The van der Waals surface area contributed by atoms with Crippen LogP contribution in [0.4, 0.5) is 0 Å². The van der Waals surface area contributed by atoms with Gasteiger partial charge in [-0.3, -0.25) is 0 Å². The first-order valence-electron chi connectivity index (χ1n) is 5.66. The van der Waals surface area contributed by atoms with Crippen molar-refractivity contribution < 1.29 is 9.59 Å². The quantitative estimate of drug-likeness (QED) is 0.653. The molecule has 1 N–H and O–H groups in total. The second-order valence-corrected chi connectivity index (χ2v) is 5.49. The van der Waals surface area contributed by atoms with Gasteiger partial charge >= 0.3 is 0 Å². The third-order valence-electron chi connectivity index (χ3n) is 2.30. The minimum absolute atomic E-state index is 0.0788. The van der Waals surface area contributed by atoms with Crippen molar-refractivity contribution in [2.45, 2.75) is 0 Å². The number of benzene rings is 1. The topological polar surface area (TPSA) is 20.2 Å². The highest BCUT2D eigenvalue weighted by Crippen LogP contribution is 2.09. The van der Waals surface area contributed by atoms with E-state index < -0.39 is 0 Å². The van der Waals surface area contributed by atoms with Gasteiger partial charge in [0, 0.05) is 10.0 Å². The Kier molecular flexibility index (Phi) is 5.95. The summed E-state index contributed by atoms with van der Waals surface area (Å²) in [7, 11) is 4.14. The molecule has 0 amide bonds. The molecule has 0 unspecified atom stereocenters. The van der Waals surface area contributed by atoms with Crippen LogP contribution in [0.1, 0.15) is 5.56 Å². The number of aliphatic hydroxyl groups excluding tert-OH is 1. The second kappa shape index (κ2) is 7.24. The maximum absolute atomic E-state index is 8.60. The van der Waals surface area contributed by atoms with Crippen LogP contribution >= 0.6 is 15.9 Å². The summed E-state index contributed by atoms with van der Waals surface area (Å²) in [6.45, 7) is 1.34. The van der Waals surface area contributed by atoms with E-state index in [1.54, 1.807) is 0 Å². The van der Waals surface area contributed by atoms with E-state index in [-0.39, 0.29) is 6.61 Å². The van der Waals surface area contributed by atoms with Gasteiger partial charge in [-0.2, -0.15) is 0 Å². The first-order chi connectivity index (χ1) is 8.53. The van der Waals surface area contributed by atoms with E-state index in [0.717, 1.165) is 16.6 Å². The molecule has 94 valence electrons. The molecule has 0 aliphatic heterocycles. The molecular formula is C15H17BrNO+. The van der Waals surface area contributed by atoms with Gasteiger partial charge in [-0.15, -0.1) is 0 Å². The van der Waals surface area contributed by atoms with Crippen molar-refractivity contribution in [2.24, 2.45) is 0 Å². The molecule has 1 aromatic carbocycles. The summed E-state index contributed by atoms with van der Waals surface area (Å²) in [5, 5.41) is 8.60. The molecule has 0 radical (unpaired) electrons. The van der Waals surface area contributed by atoms with Gasteiger partial charge in [0.1, 0.15) is 19.7 Å². The minimum atomic E-state index is -0.0788. The average molecular weight is 307 g/mol. The molecule has 1 aromatic rings. The fourth-order valence-corrected chi connectivity index (χ4v) is 1.53. The second-order valence-electron chi connectivity index (χ2n) is 4.57. The average Bonchev–Trinajstić information content (AvgIpc) is 2.32. The molecule has 18 heavy (non-hydrogen) atoms. The highest BCUT2D eigenvalue weighted by atomic mass is 79.9. The fraction of sp³-hybridized carbons (Fsp3) is 0.333. The van der Waals surface area contributed by atoms with E-state index in [9.17, 15) is 0 Å². The normalized spacial score (nSPS) is 10.0. The van der Waals surface area contributed by atoms with Crippen LogP contribution in [-0.2, 0) is 0 Å². The molecule has 0 saturated heterocycles. The Hall–Kier alpha value is -1.26. The highest BCUT2D eigenvalue weighted by molar-refractivity contribution is 9.10. The smallest absolute Gasteiger partial charge is 0.141 e. The maximum atomic E-state index is 8.60. The van der Waals surface area contributed by atoms with Gasteiger partial charge in [-0.1, -0.05) is 27.8 Å². The van der Waals surface area contributed by atoms with Crippen molar-refractivity contribution >= 4 is 15.9 Å². The van der Waals surface area contributed by atoms with Gasteiger partial charge < -0.3 is 9.59 Å². The molecule has 0 spiro atoms. The molecule has 0 aliphatic rings. The van der Waals surface area contributed by atoms with E-state index in [1.165, 1.54) is 0 Å². The van der Waals surface area contributed by atoms with E-state index in [0.29, 0.717) is 11.0 Å². The number of rotatable bonds is 2. The summed E-state index contributed by atoms with van der Waals surface area (Å²) in [5.41, 5.74) is 1.01. The molecule has 2 nitrogen and oxygen atoms in total. The lowest BCUT2D eigenvalue weighted by molar-refractivity contribution is -0.875. The fourth-order valence-electron chi connectivity index (χ4n) is 1.27. The van der Waals surface area contributed by atoms with E-state index in [2.05, 4.69) is 53.7 Å². The largest absolute Gasteiger partial charge is 0.384 e. The number of quaternary nitrogens is 1. The zero-order chi connectivity index (χ0) is 13.4. The van der Waals surface area contributed by atoms with E-state index >= 15 is 0 Å². The van der Waals surface area contributed by atoms with Gasteiger partial charge in [0.25, 0.3) is 0 Å². The Bertz CT molecular complexity index is 497. The van der Waals surface area contributed by atoms with Gasteiger partial charge in [-0.05, 0) is 36.1 Å². The van der Waals surface area contributed by atoms with Crippen LogP contribution in [0.2, 0.25) is 0 Å². The molecule has 3 heteroatoms. The van der Waals surface area contributed by atoms with Crippen molar-refractivity contribution in [3.63, 3.8) is 0 Å². The Morgan fingerprint density at radius 1 is 1.06 bits per heavy atom. The standard InChI is InChI=1S/C15H17BrNO/c1-17(2,11-3-4-13-18)12-5-6-14-7-9-15(16)10-8-14/h7-10,18H,11-13H2,1-2H3/q+1. The minimum Gasteiger partial charge on any atom is -0.384 e. The predicted octanol–water partition coefficient (Wildman–Crippen LogP) is 1.87. The highest BCUT2D eigenvalue weighted by Gasteiger charge is 2.10. The Morgan fingerprint density at radius 3 is 2.28 bits per heavy atom. The van der Waals surface area contributed by atoms with Gasteiger partial charge in [0.15, 0.2) is 0 Å². The molecule has 1 rings (SSSR count). The summed E-state index contributed by atoms with van der Waals surface area (Å²) in [5.74, 6) is 11.9. The summed E-state index contributed by atoms with van der Waals surface area (Å²) >= 11 is 3.39. The van der Waals surface area contributed by atoms with Crippen LogP contribution in [0, 0.1) is 23.7 Å². The molecule has 0 aliphatic carbocycles. The summed E-state index contributed by atoms with van der Waals surface area (Å²) in [4.78, 5) is 0. The van der Waals surface area contributed by atoms with Crippen LogP contribution in [0.5, 0.6) is 0 Å². The third-order valence-corrected chi connectivity index (χ3v) is 2.82. The zero-order valence-corrected chi connectivity index (χ0v) is 12.3. The van der Waals surface area contributed by atoms with Gasteiger partial charge in [-0.25, -0.2) is 0 Å². The van der Waals surface area contributed by atoms with E-state index in [4.69, 9.17) is 5.11 Å². The maximum Gasteiger partial charge on any atom is 0.141 e. The van der Waals surface area contributed by atoms with Crippen molar-refractivity contribution in [3.05, 3.63) is 34.3 Å². The first-order valence-corrected chi connectivity index (χ1v) is 6.46. The molecule has 0 aromatic heterocycles. The monoisotopic (exact) mass is 306 g/mol. The Morgan fingerprint density at radius 2 is 1.67 bits per heavy atom. The van der Waals surface area contributed by atoms with Crippen molar-refractivity contribution in [3.8, 4) is 23.7 Å². The molecule has 0 bridgehead atoms. The van der Waals surface area contributed by atoms with Crippen LogP contribution in [0.25, 0.3) is 0 Å². The van der Waals surface area contributed by atoms with Crippen molar-refractivity contribution in [1.29, 1.82) is 0 Å². The van der Waals surface area contributed by atoms with E-state index in [1.807, 2.05) is 24.3 Å². The lowest BCUT2D eigenvalue weighted by Gasteiger charge is -2.24.